The van der Waals surface area contributed by atoms with Crippen molar-refractivity contribution >= 4 is 21.5 Å². The first-order valence-corrected chi connectivity index (χ1v) is 9.86. The number of rotatable bonds is 5. The van der Waals surface area contributed by atoms with Gasteiger partial charge >= 0.3 is 0 Å². The second-order valence-corrected chi connectivity index (χ2v) is 8.25. The van der Waals surface area contributed by atoms with Crippen LogP contribution in [-0.4, -0.2) is 37.4 Å². The molecule has 1 aliphatic rings. The SMILES string of the molecule is Cc1c(C(=O)NCCS(=O)(=O)c2ccccc2)[nH]c2c1C(=O)CCC2. The highest BCUT2D eigenvalue weighted by molar-refractivity contribution is 7.91. The minimum atomic E-state index is -3.44. The Morgan fingerprint density at radius 3 is 2.60 bits per heavy atom. The van der Waals surface area contributed by atoms with Crippen molar-refractivity contribution in [3.05, 3.63) is 52.8 Å². The summed E-state index contributed by atoms with van der Waals surface area (Å²) in [6.45, 7) is 1.75. The molecule has 1 aliphatic carbocycles. The van der Waals surface area contributed by atoms with Crippen molar-refractivity contribution in [3.63, 3.8) is 0 Å². The summed E-state index contributed by atoms with van der Waals surface area (Å²) in [5, 5.41) is 2.63. The summed E-state index contributed by atoms with van der Waals surface area (Å²) in [4.78, 5) is 27.6. The number of benzene rings is 1. The highest BCUT2D eigenvalue weighted by Crippen LogP contribution is 2.26. The first-order valence-electron chi connectivity index (χ1n) is 8.21. The number of fused-ring (bicyclic) bond motifs is 1. The number of carbonyl (C=O) groups excluding carboxylic acids is 2. The number of aryl methyl sites for hydroxylation is 1. The Bertz CT molecular complexity index is 914. The zero-order valence-corrected chi connectivity index (χ0v) is 14.8. The number of sulfone groups is 1. The lowest BCUT2D eigenvalue weighted by atomic mass is 9.94. The molecule has 1 aromatic heterocycles. The molecule has 3 rings (SSSR count). The highest BCUT2D eigenvalue weighted by Gasteiger charge is 2.26. The predicted molar refractivity (Wildman–Crippen MR) is 93.6 cm³/mol. The molecule has 2 N–H and O–H groups in total. The van der Waals surface area contributed by atoms with Crippen LogP contribution >= 0.6 is 0 Å². The van der Waals surface area contributed by atoms with Crippen LogP contribution in [0.1, 0.15) is 44.9 Å². The molecule has 2 aromatic rings. The summed E-state index contributed by atoms with van der Waals surface area (Å²) in [5.41, 5.74) is 2.41. The number of H-pyrrole nitrogens is 1. The second kappa shape index (κ2) is 6.84. The number of ketones is 1. The third-order valence-electron chi connectivity index (χ3n) is 4.42. The molecule has 0 radical (unpaired) electrons. The zero-order chi connectivity index (χ0) is 18.0. The van der Waals surface area contributed by atoms with E-state index in [4.69, 9.17) is 0 Å². The summed E-state index contributed by atoms with van der Waals surface area (Å²) >= 11 is 0. The fourth-order valence-corrected chi connectivity index (χ4v) is 4.31. The van der Waals surface area contributed by atoms with Gasteiger partial charge < -0.3 is 10.3 Å². The number of amides is 1. The molecule has 7 heteroatoms. The normalized spacial score (nSPS) is 14.2. The van der Waals surface area contributed by atoms with E-state index < -0.39 is 9.84 Å². The Kier molecular flexibility index (Phi) is 4.76. The van der Waals surface area contributed by atoms with Gasteiger partial charge in [-0.15, -0.1) is 0 Å². The van der Waals surface area contributed by atoms with Crippen molar-refractivity contribution < 1.29 is 18.0 Å². The van der Waals surface area contributed by atoms with Crippen LogP contribution in [0.5, 0.6) is 0 Å². The minimum Gasteiger partial charge on any atom is -0.354 e. The molecule has 25 heavy (non-hydrogen) atoms. The number of hydrogen-bond donors (Lipinski definition) is 2. The van der Waals surface area contributed by atoms with Gasteiger partial charge in [-0.1, -0.05) is 18.2 Å². The van der Waals surface area contributed by atoms with Crippen LogP contribution < -0.4 is 5.32 Å². The molecule has 0 atom stereocenters. The van der Waals surface area contributed by atoms with Gasteiger partial charge in [0.25, 0.3) is 5.91 Å². The molecule has 132 valence electrons. The van der Waals surface area contributed by atoms with Crippen molar-refractivity contribution in [2.75, 3.05) is 12.3 Å². The van der Waals surface area contributed by atoms with Gasteiger partial charge in [0.2, 0.25) is 0 Å². The summed E-state index contributed by atoms with van der Waals surface area (Å²) in [7, 11) is -3.44. The van der Waals surface area contributed by atoms with Crippen LogP contribution in [-0.2, 0) is 16.3 Å². The van der Waals surface area contributed by atoms with Crippen LogP contribution in [0.15, 0.2) is 35.2 Å². The molecule has 1 heterocycles. The maximum atomic E-state index is 12.4. The molecule has 0 unspecified atom stereocenters. The summed E-state index contributed by atoms with van der Waals surface area (Å²) < 4.78 is 24.4. The van der Waals surface area contributed by atoms with E-state index in [0.717, 1.165) is 18.5 Å². The van der Waals surface area contributed by atoms with Gasteiger partial charge in [-0.3, -0.25) is 9.59 Å². The number of hydrogen-bond acceptors (Lipinski definition) is 4. The molecule has 0 bridgehead atoms. The number of nitrogens with one attached hydrogen (secondary N) is 2. The number of aromatic amines is 1. The fourth-order valence-electron chi connectivity index (χ4n) is 3.13. The third-order valence-corrected chi connectivity index (χ3v) is 6.15. The van der Waals surface area contributed by atoms with Crippen molar-refractivity contribution in [2.45, 2.75) is 31.1 Å². The number of Topliss-reactive ketones (excluding diaryl/α,β-unsaturated/α-hetero) is 1. The monoisotopic (exact) mass is 360 g/mol. The van der Waals surface area contributed by atoms with Crippen molar-refractivity contribution in [1.82, 2.24) is 10.3 Å². The van der Waals surface area contributed by atoms with Crippen LogP contribution in [0.4, 0.5) is 0 Å². The predicted octanol–water partition coefficient (Wildman–Crippen LogP) is 2.05. The smallest absolute Gasteiger partial charge is 0.268 e. The van der Waals surface area contributed by atoms with Crippen molar-refractivity contribution in [1.29, 1.82) is 0 Å². The quantitative estimate of drug-likeness (QED) is 0.853. The minimum absolute atomic E-state index is 0.00708. The largest absolute Gasteiger partial charge is 0.354 e. The van der Waals surface area contributed by atoms with Crippen molar-refractivity contribution in [3.8, 4) is 0 Å². The molecule has 1 amide bonds. The Labute approximate surface area is 146 Å². The van der Waals surface area contributed by atoms with Crippen LogP contribution in [0.2, 0.25) is 0 Å². The first kappa shape index (κ1) is 17.4. The summed E-state index contributed by atoms with van der Waals surface area (Å²) in [6, 6.07) is 8.14. The molecule has 0 aliphatic heterocycles. The van der Waals surface area contributed by atoms with Gasteiger partial charge in [0, 0.05) is 24.2 Å². The maximum absolute atomic E-state index is 12.4. The molecular weight excluding hydrogens is 340 g/mol. The second-order valence-electron chi connectivity index (χ2n) is 6.14. The van der Waals surface area contributed by atoms with Gasteiger partial charge in [-0.25, -0.2) is 8.42 Å². The Balaban J connectivity index is 1.67. The molecule has 0 spiro atoms. The van der Waals surface area contributed by atoms with E-state index in [1.165, 1.54) is 12.1 Å². The van der Waals surface area contributed by atoms with Gasteiger partial charge in [0.05, 0.1) is 10.6 Å². The van der Waals surface area contributed by atoms with Gasteiger partial charge in [0.1, 0.15) is 5.69 Å². The van der Waals surface area contributed by atoms with Crippen LogP contribution in [0.25, 0.3) is 0 Å². The molecule has 0 fully saturated rings. The molecule has 0 saturated heterocycles. The lowest BCUT2D eigenvalue weighted by Crippen LogP contribution is -2.29. The van der Waals surface area contributed by atoms with E-state index in [1.807, 2.05) is 0 Å². The summed E-state index contributed by atoms with van der Waals surface area (Å²) in [6.07, 6.45) is 2.03. The van der Waals surface area contributed by atoms with Gasteiger partial charge in [-0.2, -0.15) is 0 Å². The van der Waals surface area contributed by atoms with E-state index in [-0.39, 0.29) is 28.9 Å². The van der Waals surface area contributed by atoms with Gasteiger partial charge in [0.15, 0.2) is 15.6 Å². The Morgan fingerprint density at radius 2 is 1.92 bits per heavy atom. The molecule has 1 aromatic carbocycles. The lowest BCUT2D eigenvalue weighted by Gasteiger charge is -2.09. The first-order chi connectivity index (χ1) is 11.9. The zero-order valence-electron chi connectivity index (χ0n) is 14.0. The van der Waals surface area contributed by atoms with E-state index in [0.29, 0.717) is 23.2 Å². The number of carbonyl (C=O) groups is 2. The fraction of sp³-hybridized carbons (Fsp3) is 0.333. The van der Waals surface area contributed by atoms with Gasteiger partial charge in [-0.05, 0) is 37.5 Å². The summed E-state index contributed by atoms with van der Waals surface area (Å²) in [5.74, 6) is -0.509. The third kappa shape index (κ3) is 3.51. The van der Waals surface area contributed by atoms with E-state index in [1.54, 1.807) is 25.1 Å². The lowest BCUT2D eigenvalue weighted by molar-refractivity contribution is 0.0950. The maximum Gasteiger partial charge on any atom is 0.268 e. The van der Waals surface area contributed by atoms with Crippen LogP contribution in [0, 0.1) is 6.92 Å². The molecule has 6 nitrogen and oxygen atoms in total. The standard InChI is InChI=1S/C18H20N2O4S/c1-12-16-14(8-5-9-15(16)21)20-17(12)18(22)19-10-11-25(23,24)13-6-3-2-4-7-13/h2-4,6-7,20H,5,8-11H2,1H3,(H,19,22). The average molecular weight is 360 g/mol. The van der Waals surface area contributed by atoms with E-state index in [9.17, 15) is 18.0 Å². The van der Waals surface area contributed by atoms with Crippen LogP contribution in [0.3, 0.4) is 0 Å². The van der Waals surface area contributed by atoms with Crippen molar-refractivity contribution in [2.24, 2.45) is 0 Å². The Morgan fingerprint density at radius 1 is 1.20 bits per heavy atom. The topological polar surface area (TPSA) is 96.1 Å². The van der Waals surface area contributed by atoms with E-state index in [2.05, 4.69) is 10.3 Å². The number of aromatic nitrogens is 1. The molecular formula is C18H20N2O4S. The highest BCUT2D eigenvalue weighted by atomic mass is 32.2. The Hall–Kier alpha value is -2.41. The molecule has 0 saturated carbocycles. The average Bonchev–Trinajstić information content (AvgIpc) is 2.94. The van der Waals surface area contributed by atoms with E-state index >= 15 is 0 Å².